The summed E-state index contributed by atoms with van der Waals surface area (Å²) in [4.78, 5) is 14.1. The fourth-order valence-electron chi connectivity index (χ4n) is 1.94. The summed E-state index contributed by atoms with van der Waals surface area (Å²) in [5, 5.41) is 3.39. The van der Waals surface area contributed by atoms with Crippen molar-refractivity contribution in [2.75, 3.05) is 26.7 Å². The summed E-state index contributed by atoms with van der Waals surface area (Å²) in [7, 11) is 2.12. The fraction of sp³-hybridized carbons (Fsp3) is 0.929. The van der Waals surface area contributed by atoms with Crippen molar-refractivity contribution in [1.29, 1.82) is 0 Å². The third kappa shape index (κ3) is 6.36. The number of rotatable bonds is 10. The molecule has 1 rings (SSSR count). The van der Waals surface area contributed by atoms with E-state index >= 15 is 0 Å². The van der Waals surface area contributed by atoms with E-state index in [1.807, 2.05) is 6.92 Å². The maximum atomic E-state index is 11.8. The number of nitrogens with zero attached hydrogens (tertiary/aromatic N) is 1. The van der Waals surface area contributed by atoms with Gasteiger partial charge in [-0.25, -0.2) is 0 Å². The Morgan fingerprint density at radius 3 is 2.67 bits per heavy atom. The van der Waals surface area contributed by atoms with Gasteiger partial charge in [-0.05, 0) is 52.7 Å². The maximum Gasteiger partial charge on any atom is 0.323 e. The summed E-state index contributed by atoms with van der Waals surface area (Å²) < 4.78 is 5.13. The summed E-state index contributed by atoms with van der Waals surface area (Å²) in [5.74, 6) is -0.0895. The number of carbonyl (C=O) groups is 1. The lowest BCUT2D eigenvalue weighted by Gasteiger charge is -2.21. The second-order valence-electron chi connectivity index (χ2n) is 5.19. The van der Waals surface area contributed by atoms with E-state index in [0.717, 1.165) is 19.5 Å². The van der Waals surface area contributed by atoms with Crippen LogP contribution in [0.4, 0.5) is 0 Å². The Balaban J connectivity index is 2.28. The second kappa shape index (κ2) is 8.48. The first kappa shape index (κ1) is 15.4. The normalized spacial score (nSPS) is 16.9. The zero-order valence-electron chi connectivity index (χ0n) is 12.1. The van der Waals surface area contributed by atoms with Crippen LogP contribution in [-0.2, 0) is 9.53 Å². The summed E-state index contributed by atoms with van der Waals surface area (Å²) in [6.45, 7) is 6.58. The number of hydrogen-bond donors (Lipinski definition) is 1. The van der Waals surface area contributed by atoms with Gasteiger partial charge in [-0.2, -0.15) is 0 Å². The molecule has 0 spiro atoms. The lowest BCUT2D eigenvalue weighted by Crippen LogP contribution is -2.41. The van der Waals surface area contributed by atoms with E-state index in [9.17, 15) is 4.79 Å². The average Bonchev–Trinajstić information content (AvgIpc) is 3.15. The average molecular weight is 256 g/mol. The minimum Gasteiger partial charge on any atom is -0.465 e. The van der Waals surface area contributed by atoms with Crippen molar-refractivity contribution in [1.82, 2.24) is 10.2 Å². The second-order valence-corrected chi connectivity index (χ2v) is 5.19. The summed E-state index contributed by atoms with van der Waals surface area (Å²) >= 11 is 0. The molecule has 0 aromatic rings. The van der Waals surface area contributed by atoms with Crippen LogP contribution >= 0.6 is 0 Å². The Bertz CT molecular complexity index is 242. The van der Waals surface area contributed by atoms with Crippen molar-refractivity contribution in [3.63, 3.8) is 0 Å². The molecule has 1 aliphatic carbocycles. The Morgan fingerprint density at radius 2 is 2.11 bits per heavy atom. The van der Waals surface area contributed by atoms with Gasteiger partial charge in [0.15, 0.2) is 0 Å². The van der Waals surface area contributed by atoms with Gasteiger partial charge in [0.1, 0.15) is 6.04 Å². The van der Waals surface area contributed by atoms with Gasteiger partial charge >= 0.3 is 5.97 Å². The van der Waals surface area contributed by atoms with Crippen LogP contribution in [0, 0.1) is 0 Å². The van der Waals surface area contributed by atoms with Crippen LogP contribution in [0.2, 0.25) is 0 Å². The van der Waals surface area contributed by atoms with Crippen LogP contribution in [-0.4, -0.2) is 49.7 Å². The van der Waals surface area contributed by atoms with Gasteiger partial charge in [-0.15, -0.1) is 0 Å². The van der Waals surface area contributed by atoms with Gasteiger partial charge in [0.05, 0.1) is 6.61 Å². The molecule has 0 saturated heterocycles. The monoisotopic (exact) mass is 256 g/mol. The van der Waals surface area contributed by atoms with E-state index in [4.69, 9.17) is 4.74 Å². The molecule has 1 unspecified atom stereocenters. The molecule has 4 nitrogen and oxygen atoms in total. The molecule has 1 aliphatic rings. The molecule has 18 heavy (non-hydrogen) atoms. The molecule has 0 aromatic heterocycles. The molecule has 0 amide bonds. The molecule has 0 radical (unpaired) electrons. The first-order valence-corrected chi connectivity index (χ1v) is 7.28. The van der Waals surface area contributed by atoms with Gasteiger partial charge in [0.25, 0.3) is 0 Å². The van der Waals surface area contributed by atoms with Crippen LogP contribution in [0.5, 0.6) is 0 Å². The Kier molecular flexibility index (Phi) is 7.28. The molecule has 0 aromatic carbocycles. The predicted molar refractivity (Wildman–Crippen MR) is 73.6 cm³/mol. The SMILES string of the molecule is CCCCN(C)CCC(NC1CC1)C(=O)OCC. The quantitative estimate of drug-likeness (QED) is 0.605. The van der Waals surface area contributed by atoms with Crippen molar-refractivity contribution in [2.45, 2.75) is 58.0 Å². The molecule has 1 saturated carbocycles. The molecular formula is C14H28N2O2. The van der Waals surface area contributed by atoms with Crippen LogP contribution in [0.15, 0.2) is 0 Å². The van der Waals surface area contributed by atoms with E-state index in [2.05, 4.69) is 24.2 Å². The zero-order valence-corrected chi connectivity index (χ0v) is 12.1. The molecule has 1 atom stereocenters. The Morgan fingerprint density at radius 1 is 1.39 bits per heavy atom. The van der Waals surface area contributed by atoms with Crippen LogP contribution in [0.1, 0.15) is 46.0 Å². The van der Waals surface area contributed by atoms with E-state index in [1.165, 1.54) is 25.7 Å². The van der Waals surface area contributed by atoms with Gasteiger partial charge in [-0.1, -0.05) is 13.3 Å². The molecular weight excluding hydrogens is 228 g/mol. The predicted octanol–water partition coefficient (Wildman–Crippen LogP) is 1.79. The number of nitrogens with one attached hydrogen (secondary N) is 1. The highest BCUT2D eigenvalue weighted by atomic mass is 16.5. The van der Waals surface area contributed by atoms with Gasteiger partial charge < -0.3 is 15.0 Å². The first-order chi connectivity index (χ1) is 8.67. The van der Waals surface area contributed by atoms with Crippen LogP contribution in [0.3, 0.4) is 0 Å². The lowest BCUT2D eigenvalue weighted by atomic mass is 10.2. The van der Waals surface area contributed by atoms with E-state index in [0.29, 0.717) is 12.6 Å². The topological polar surface area (TPSA) is 41.6 Å². The molecule has 4 heteroatoms. The number of unbranched alkanes of at least 4 members (excludes halogenated alkanes) is 1. The summed E-state index contributed by atoms with van der Waals surface area (Å²) in [5.41, 5.74) is 0. The van der Waals surface area contributed by atoms with E-state index in [-0.39, 0.29) is 12.0 Å². The number of carbonyl (C=O) groups excluding carboxylic acids is 1. The van der Waals surface area contributed by atoms with Crippen molar-refractivity contribution < 1.29 is 9.53 Å². The van der Waals surface area contributed by atoms with Gasteiger partial charge in [0, 0.05) is 6.04 Å². The van der Waals surface area contributed by atoms with Crippen molar-refractivity contribution in [3.8, 4) is 0 Å². The van der Waals surface area contributed by atoms with Crippen LogP contribution < -0.4 is 5.32 Å². The number of esters is 1. The summed E-state index contributed by atoms with van der Waals surface area (Å²) in [6.07, 6.45) is 5.67. The van der Waals surface area contributed by atoms with Gasteiger partial charge in [0.2, 0.25) is 0 Å². The highest BCUT2D eigenvalue weighted by molar-refractivity contribution is 5.75. The third-order valence-corrected chi connectivity index (χ3v) is 3.28. The van der Waals surface area contributed by atoms with Crippen molar-refractivity contribution >= 4 is 5.97 Å². The first-order valence-electron chi connectivity index (χ1n) is 7.28. The molecule has 1 N–H and O–H groups in total. The lowest BCUT2D eigenvalue weighted by molar-refractivity contribution is -0.146. The molecule has 106 valence electrons. The minimum absolute atomic E-state index is 0.0895. The summed E-state index contributed by atoms with van der Waals surface area (Å²) in [6, 6.07) is 0.418. The smallest absolute Gasteiger partial charge is 0.323 e. The highest BCUT2D eigenvalue weighted by Crippen LogP contribution is 2.20. The molecule has 0 heterocycles. The standard InChI is InChI=1S/C14H28N2O2/c1-4-6-10-16(3)11-9-13(14(17)18-5-2)15-12-7-8-12/h12-13,15H,4-11H2,1-3H3. The van der Waals surface area contributed by atoms with E-state index in [1.54, 1.807) is 0 Å². The minimum atomic E-state index is -0.124. The maximum absolute atomic E-state index is 11.8. The van der Waals surface area contributed by atoms with Crippen molar-refractivity contribution in [2.24, 2.45) is 0 Å². The van der Waals surface area contributed by atoms with Crippen molar-refractivity contribution in [3.05, 3.63) is 0 Å². The highest BCUT2D eigenvalue weighted by Gasteiger charge is 2.29. The molecule has 0 bridgehead atoms. The molecule has 0 aliphatic heterocycles. The fourth-order valence-corrected chi connectivity index (χ4v) is 1.94. The number of ether oxygens (including phenoxy) is 1. The number of hydrogen-bond acceptors (Lipinski definition) is 4. The Labute approximate surface area is 111 Å². The van der Waals surface area contributed by atoms with E-state index < -0.39 is 0 Å². The van der Waals surface area contributed by atoms with Crippen LogP contribution in [0.25, 0.3) is 0 Å². The van der Waals surface area contributed by atoms with Gasteiger partial charge in [-0.3, -0.25) is 4.79 Å². The Hall–Kier alpha value is -0.610. The third-order valence-electron chi connectivity index (χ3n) is 3.28. The molecule has 1 fully saturated rings. The largest absolute Gasteiger partial charge is 0.465 e. The zero-order chi connectivity index (χ0) is 13.4.